The van der Waals surface area contributed by atoms with Crippen molar-refractivity contribution < 1.29 is 23.8 Å². The number of esters is 1. The second kappa shape index (κ2) is 14.3. The fourth-order valence-electron chi connectivity index (χ4n) is 4.09. The fraction of sp³-hybridized carbons (Fsp3) is 0.200. The van der Waals surface area contributed by atoms with Crippen molar-refractivity contribution >= 4 is 47.0 Å². The molecule has 1 heterocycles. The first-order chi connectivity index (χ1) is 19.8. The van der Waals surface area contributed by atoms with E-state index in [1.807, 2.05) is 48.5 Å². The van der Waals surface area contributed by atoms with Crippen LogP contribution in [0.25, 0.3) is 0 Å². The summed E-state index contributed by atoms with van der Waals surface area (Å²) in [7, 11) is 0. The highest BCUT2D eigenvalue weighted by Crippen LogP contribution is 2.33. The molecule has 9 nitrogen and oxygen atoms in total. The first-order valence-electron chi connectivity index (χ1n) is 12.8. The SMILES string of the molecule is CCOC(=O)C1=C(C)NC(=S)N[C@H]1c1ccccc1OCC(=O)NN=Cc1cccc(OCc2cccc(Cl)c2)c1. The molecule has 0 aliphatic carbocycles. The zero-order valence-electron chi connectivity index (χ0n) is 22.5. The highest BCUT2D eigenvalue weighted by Gasteiger charge is 2.32. The second-order valence-corrected chi connectivity index (χ2v) is 9.75. The molecule has 0 fully saturated rings. The summed E-state index contributed by atoms with van der Waals surface area (Å²) in [5, 5.41) is 11.1. The smallest absolute Gasteiger partial charge is 0.338 e. The van der Waals surface area contributed by atoms with Crippen molar-refractivity contribution in [3.8, 4) is 11.5 Å². The normalized spacial score (nSPS) is 14.7. The number of hydrogen-bond acceptors (Lipinski definition) is 7. The van der Waals surface area contributed by atoms with Crippen LogP contribution in [0.1, 0.15) is 36.6 Å². The Morgan fingerprint density at radius 1 is 1.07 bits per heavy atom. The Balaban J connectivity index is 1.36. The minimum atomic E-state index is -0.617. The van der Waals surface area contributed by atoms with Crippen molar-refractivity contribution in [3.05, 3.63) is 106 Å². The average molecular weight is 593 g/mol. The summed E-state index contributed by atoms with van der Waals surface area (Å²) < 4.78 is 16.9. The highest BCUT2D eigenvalue weighted by molar-refractivity contribution is 7.80. The van der Waals surface area contributed by atoms with E-state index in [9.17, 15) is 9.59 Å². The van der Waals surface area contributed by atoms with Crippen molar-refractivity contribution in [2.24, 2.45) is 5.10 Å². The third kappa shape index (κ3) is 8.29. The number of hydrazone groups is 1. The van der Waals surface area contributed by atoms with Crippen LogP contribution in [0.4, 0.5) is 0 Å². The van der Waals surface area contributed by atoms with E-state index in [0.29, 0.717) is 45.1 Å². The molecule has 0 spiro atoms. The number of halogens is 1. The zero-order chi connectivity index (χ0) is 29.2. The number of ether oxygens (including phenoxy) is 3. The third-order valence-corrected chi connectivity index (χ3v) is 6.36. The van der Waals surface area contributed by atoms with E-state index in [2.05, 4.69) is 21.2 Å². The van der Waals surface area contributed by atoms with E-state index >= 15 is 0 Å². The van der Waals surface area contributed by atoms with Crippen LogP contribution < -0.4 is 25.5 Å². The van der Waals surface area contributed by atoms with Gasteiger partial charge in [0, 0.05) is 16.3 Å². The van der Waals surface area contributed by atoms with Gasteiger partial charge in [0.05, 0.1) is 24.4 Å². The number of nitrogens with one attached hydrogen (secondary N) is 3. The summed E-state index contributed by atoms with van der Waals surface area (Å²) in [5.74, 6) is 0.125. The molecule has 1 atom stereocenters. The highest BCUT2D eigenvalue weighted by atomic mass is 35.5. The predicted molar refractivity (Wildman–Crippen MR) is 161 cm³/mol. The van der Waals surface area contributed by atoms with Gasteiger partial charge in [-0.1, -0.05) is 54.1 Å². The molecule has 11 heteroatoms. The number of thiocarbonyl (C=S) groups is 1. The lowest BCUT2D eigenvalue weighted by atomic mass is 9.95. The van der Waals surface area contributed by atoms with Crippen LogP contribution in [0.3, 0.4) is 0 Å². The average Bonchev–Trinajstić information content (AvgIpc) is 2.95. The molecular weight excluding hydrogens is 564 g/mol. The van der Waals surface area contributed by atoms with Crippen LogP contribution >= 0.6 is 23.8 Å². The van der Waals surface area contributed by atoms with E-state index in [0.717, 1.165) is 11.1 Å². The quantitative estimate of drug-likeness (QED) is 0.126. The molecule has 3 N–H and O–H groups in total. The van der Waals surface area contributed by atoms with Crippen LogP contribution in [0.5, 0.6) is 11.5 Å². The van der Waals surface area contributed by atoms with E-state index in [-0.39, 0.29) is 13.2 Å². The van der Waals surface area contributed by atoms with Crippen molar-refractivity contribution in [3.63, 3.8) is 0 Å². The summed E-state index contributed by atoms with van der Waals surface area (Å²) in [4.78, 5) is 25.2. The number of rotatable bonds is 11. The van der Waals surface area contributed by atoms with E-state index in [4.69, 9.17) is 38.0 Å². The minimum absolute atomic E-state index is 0.228. The Kier molecular flexibility index (Phi) is 10.3. The van der Waals surface area contributed by atoms with Crippen LogP contribution in [0.15, 0.2) is 89.2 Å². The van der Waals surface area contributed by atoms with Gasteiger partial charge in [0.2, 0.25) is 0 Å². The molecule has 1 amide bonds. The number of benzene rings is 3. The molecule has 0 aromatic heterocycles. The topological polar surface area (TPSA) is 110 Å². The standard InChI is InChI=1S/C30H29ClN4O5S/c1-3-38-29(37)27-19(2)33-30(41)34-28(27)24-12-4-5-13-25(24)40-18-26(36)35-32-16-20-8-7-11-23(15-20)39-17-21-9-6-10-22(31)14-21/h4-16,28H,3,17-18H2,1-2H3,(H,35,36)(H2,33,34,41)/t28-/m0/s1. The number of carbonyl (C=O) groups excluding carboxylic acids is 2. The lowest BCUT2D eigenvalue weighted by Crippen LogP contribution is -2.45. The molecule has 41 heavy (non-hydrogen) atoms. The van der Waals surface area contributed by atoms with Gasteiger partial charge in [0.1, 0.15) is 18.1 Å². The summed E-state index contributed by atoms with van der Waals surface area (Å²) in [6.45, 7) is 3.78. The van der Waals surface area contributed by atoms with E-state index < -0.39 is 17.9 Å². The Morgan fingerprint density at radius 3 is 2.68 bits per heavy atom. The summed E-state index contributed by atoms with van der Waals surface area (Å²) >= 11 is 11.3. The van der Waals surface area contributed by atoms with Crippen LogP contribution in [0, 0.1) is 0 Å². The van der Waals surface area contributed by atoms with Gasteiger partial charge in [-0.3, -0.25) is 4.79 Å². The van der Waals surface area contributed by atoms with Crippen molar-refractivity contribution in [2.45, 2.75) is 26.5 Å². The third-order valence-electron chi connectivity index (χ3n) is 5.91. The number of allylic oxidation sites excluding steroid dienone is 1. The van der Waals surface area contributed by atoms with Gasteiger partial charge < -0.3 is 24.8 Å². The lowest BCUT2D eigenvalue weighted by Gasteiger charge is -2.30. The Labute approximate surface area is 248 Å². The van der Waals surface area contributed by atoms with E-state index in [1.165, 1.54) is 6.21 Å². The number of para-hydroxylation sites is 1. The van der Waals surface area contributed by atoms with Crippen LogP contribution in [-0.2, 0) is 20.9 Å². The molecule has 212 valence electrons. The first kappa shape index (κ1) is 29.6. The molecule has 0 saturated carbocycles. The molecular formula is C30H29ClN4O5S. The number of amides is 1. The Morgan fingerprint density at radius 2 is 1.88 bits per heavy atom. The van der Waals surface area contributed by atoms with Crippen LogP contribution in [-0.4, -0.2) is 36.4 Å². The molecule has 0 radical (unpaired) electrons. The zero-order valence-corrected chi connectivity index (χ0v) is 24.1. The molecule has 4 rings (SSSR count). The molecule has 3 aromatic carbocycles. The van der Waals surface area contributed by atoms with Gasteiger partial charge >= 0.3 is 5.97 Å². The summed E-state index contributed by atoms with van der Waals surface area (Å²) in [6, 6.07) is 21.2. The van der Waals surface area contributed by atoms with Gasteiger partial charge in [-0.25, -0.2) is 10.2 Å². The summed E-state index contributed by atoms with van der Waals surface area (Å²) in [6.07, 6.45) is 1.51. The predicted octanol–water partition coefficient (Wildman–Crippen LogP) is 4.80. The largest absolute Gasteiger partial charge is 0.489 e. The maximum absolute atomic E-state index is 12.7. The maximum atomic E-state index is 12.7. The molecule has 1 aliphatic rings. The van der Waals surface area contributed by atoms with Crippen LogP contribution in [0.2, 0.25) is 5.02 Å². The lowest BCUT2D eigenvalue weighted by molar-refractivity contribution is -0.139. The van der Waals surface area contributed by atoms with Crippen molar-refractivity contribution in [2.75, 3.05) is 13.2 Å². The van der Waals surface area contributed by atoms with Gasteiger partial charge in [-0.05, 0) is 67.5 Å². The van der Waals surface area contributed by atoms with Gasteiger partial charge in [0.15, 0.2) is 11.7 Å². The minimum Gasteiger partial charge on any atom is -0.489 e. The van der Waals surface area contributed by atoms with Crippen molar-refractivity contribution in [1.29, 1.82) is 0 Å². The Hall–Kier alpha value is -4.41. The second-order valence-electron chi connectivity index (χ2n) is 8.90. The Bertz CT molecular complexity index is 1490. The fourth-order valence-corrected chi connectivity index (χ4v) is 4.57. The molecule has 3 aromatic rings. The maximum Gasteiger partial charge on any atom is 0.338 e. The van der Waals surface area contributed by atoms with Crippen molar-refractivity contribution in [1.82, 2.24) is 16.1 Å². The van der Waals surface area contributed by atoms with Gasteiger partial charge in [0.25, 0.3) is 5.91 Å². The number of nitrogens with zero attached hydrogens (tertiary/aromatic N) is 1. The molecule has 0 saturated heterocycles. The monoisotopic (exact) mass is 592 g/mol. The molecule has 0 bridgehead atoms. The number of carbonyl (C=O) groups is 2. The molecule has 0 unspecified atom stereocenters. The first-order valence-corrected chi connectivity index (χ1v) is 13.6. The molecule has 1 aliphatic heterocycles. The van der Waals surface area contributed by atoms with Gasteiger partial charge in [-0.2, -0.15) is 5.10 Å². The number of hydrogen-bond donors (Lipinski definition) is 3. The van der Waals surface area contributed by atoms with Gasteiger partial charge in [-0.15, -0.1) is 0 Å². The van der Waals surface area contributed by atoms with E-state index in [1.54, 1.807) is 38.1 Å². The summed E-state index contributed by atoms with van der Waals surface area (Å²) in [5.41, 5.74) is 5.74.